The van der Waals surface area contributed by atoms with E-state index in [0.29, 0.717) is 18.5 Å². The van der Waals surface area contributed by atoms with Gasteiger partial charge in [0.15, 0.2) is 0 Å². The molecular formula is C18H24N2O4. The molecule has 1 saturated heterocycles. The predicted molar refractivity (Wildman–Crippen MR) is 91.2 cm³/mol. The second-order valence-electron chi connectivity index (χ2n) is 6.47. The average molecular weight is 332 g/mol. The molecule has 0 bridgehead atoms. The van der Waals surface area contributed by atoms with Gasteiger partial charge < -0.3 is 20.1 Å². The predicted octanol–water partition coefficient (Wildman–Crippen LogP) is 2.35. The number of nitrogens with one attached hydrogen (secondary N) is 1. The maximum atomic E-state index is 12.5. The van der Waals surface area contributed by atoms with E-state index in [1.807, 2.05) is 24.3 Å². The first kappa shape index (κ1) is 16.8. The number of aliphatic carboxylic acids is 1. The molecule has 1 aliphatic heterocycles. The van der Waals surface area contributed by atoms with Crippen molar-refractivity contribution in [2.24, 2.45) is 11.8 Å². The number of ether oxygens (including phenoxy) is 1. The van der Waals surface area contributed by atoms with E-state index in [4.69, 9.17) is 4.74 Å². The molecule has 2 N–H and O–H groups in total. The van der Waals surface area contributed by atoms with Gasteiger partial charge in [-0.15, -0.1) is 0 Å². The van der Waals surface area contributed by atoms with Gasteiger partial charge in [0.25, 0.3) is 0 Å². The van der Waals surface area contributed by atoms with Gasteiger partial charge in [-0.2, -0.15) is 0 Å². The van der Waals surface area contributed by atoms with Crippen molar-refractivity contribution in [3.8, 4) is 0 Å². The zero-order valence-corrected chi connectivity index (χ0v) is 13.7. The largest absolute Gasteiger partial charge is 0.481 e. The third-order valence-corrected chi connectivity index (χ3v) is 4.93. The average Bonchev–Trinajstić information content (AvgIpc) is 2.63. The third-order valence-electron chi connectivity index (χ3n) is 4.93. The highest BCUT2D eigenvalue weighted by atomic mass is 16.5. The van der Waals surface area contributed by atoms with Crippen LogP contribution in [0.25, 0.3) is 0 Å². The van der Waals surface area contributed by atoms with Crippen molar-refractivity contribution < 1.29 is 19.4 Å². The molecule has 0 unspecified atom stereocenters. The molecule has 1 aromatic carbocycles. The van der Waals surface area contributed by atoms with Gasteiger partial charge in [-0.05, 0) is 37.1 Å². The van der Waals surface area contributed by atoms with Crippen LogP contribution in [0, 0.1) is 11.8 Å². The third kappa shape index (κ3) is 3.87. The number of carbonyl (C=O) groups is 2. The van der Waals surface area contributed by atoms with Crippen LogP contribution in [-0.4, -0.2) is 43.3 Å². The highest BCUT2D eigenvalue weighted by molar-refractivity contribution is 5.95. The number of rotatable bonds is 4. The second kappa shape index (κ2) is 7.66. The molecular weight excluding hydrogens is 308 g/mol. The molecule has 1 saturated carbocycles. The van der Waals surface area contributed by atoms with Gasteiger partial charge >= 0.3 is 5.97 Å². The van der Waals surface area contributed by atoms with Crippen LogP contribution < -0.4 is 10.2 Å². The Morgan fingerprint density at radius 1 is 1.04 bits per heavy atom. The fourth-order valence-corrected chi connectivity index (χ4v) is 3.55. The van der Waals surface area contributed by atoms with Gasteiger partial charge in [-0.3, -0.25) is 9.59 Å². The van der Waals surface area contributed by atoms with E-state index in [2.05, 4.69) is 10.2 Å². The van der Waals surface area contributed by atoms with Crippen molar-refractivity contribution in [2.75, 3.05) is 36.5 Å². The van der Waals surface area contributed by atoms with Crippen LogP contribution in [0.2, 0.25) is 0 Å². The molecule has 6 nitrogen and oxygen atoms in total. The van der Waals surface area contributed by atoms with E-state index in [1.54, 1.807) is 0 Å². The number of nitrogens with zero attached hydrogens (tertiary/aromatic N) is 1. The molecule has 24 heavy (non-hydrogen) atoms. The summed E-state index contributed by atoms with van der Waals surface area (Å²) in [5.74, 6) is -2.04. The zero-order valence-electron chi connectivity index (χ0n) is 13.7. The van der Waals surface area contributed by atoms with Gasteiger partial charge in [0, 0.05) is 24.5 Å². The summed E-state index contributed by atoms with van der Waals surface area (Å²) in [5.41, 5.74) is 1.82. The summed E-state index contributed by atoms with van der Waals surface area (Å²) in [6.07, 6.45) is 3.03. The van der Waals surface area contributed by atoms with Gasteiger partial charge in [-0.1, -0.05) is 12.8 Å². The van der Waals surface area contributed by atoms with Crippen LogP contribution in [0.5, 0.6) is 0 Å². The number of carbonyl (C=O) groups excluding carboxylic acids is 1. The lowest BCUT2D eigenvalue weighted by Crippen LogP contribution is -2.36. The maximum Gasteiger partial charge on any atom is 0.307 e. The smallest absolute Gasteiger partial charge is 0.307 e. The first-order chi connectivity index (χ1) is 11.6. The Labute approximate surface area is 141 Å². The summed E-state index contributed by atoms with van der Waals surface area (Å²) in [4.78, 5) is 26.1. The molecule has 0 aromatic heterocycles. The Morgan fingerprint density at radius 3 is 2.29 bits per heavy atom. The van der Waals surface area contributed by atoms with E-state index in [-0.39, 0.29) is 5.91 Å². The molecule has 130 valence electrons. The zero-order chi connectivity index (χ0) is 16.9. The summed E-state index contributed by atoms with van der Waals surface area (Å²) < 4.78 is 5.35. The van der Waals surface area contributed by atoms with Gasteiger partial charge in [-0.25, -0.2) is 0 Å². The molecule has 3 rings (SSSR count). The first-order valence-electron chi connectivity index (χ1n) is 8.61. The normalized spacial score (nSPS) is 24.4. The van der Waals surface area contributed by atoms with Gasteiger partial charge in [0.2, 0.25) is 5.91 Å². The minimum atomic E-state index is -0.863. The van der Waals surface area contributed by atoms with E-state index in [1.165, 1.54) is 0 Å². The van der Waals surface area contributed by atoms with Gasteiger partial charge in [0.1, 0.15) is 0 Å². The fourth-order valence-electron chi connectivity index (χ4n) is 3.55. The molecule has 2 fully saturated rings. The van der Waals surface area contributed by atoms with Crippen LogP contribution in [0.15, 0.2) is 24.3 Å². The van der Waals surface area contributed by atoms with E-state index >= 15 is 0 Å². The summed E-state index contributed by atoms with van der Waals surface area (Å²) in [6.45, 7) is 3.20. The van der Waals surface area contributed by atoms with Crippen LogP contribution in [0.1, 0.15) is 25.7 Å². The van der Waals surface area contributed by atoms with Crippen LogP contribution in [0.3, 0.4) is 0 Å². The van der Waals surface area contributed by atoms with Crippen molar-refractivity contribution in [3.63, 3.8) is 0 Å². The lowest BCUT2D eigenvalue weighted by Gasteiger charge is -2.29. The molecule has 2 aliphatic rings. The molecule has 0 spiro atoms. The van der Waals surface area contributed by atoms with Crippen molar-refractivity contribution >= 4 is 23.3 Å². The highest BCUT2D eigenvalue weighted by Gasteiger charge is 2.35. The Kier molecular flexibility index (Phi) is 5.35. The second-order valence-corrected chi connectivity index (χ2v) is 6.47. The number of anilines is 2. The number of amides is 1. The number of morpholine rings is 1. The van der Waals surface area contributed by atoms with Crippen molar-refractivity contribution in [2.45, 2.75) is 25.7 Å². The van der Waals surface area contributed by atoms with Crippen LogP contribution >= 0.6 is 0 Å². The molecule has 6 heteroatoms. The maximum absolute atomic E-state index is 12.5. The lowest BCUT2D eigenvalue weighted by molar-refractivity contribution is -0.147. The Hall–Kier alpha value is -2.08. The number of hydrogen-bond donors (Lipinski definition) is 2. The Morgan fingerprint density at radius 2 is 1.67 bits per heavy atom. The van der Waals surface area contributed by atoms with E-state index < -0.39 is 17.8 Å². The number of hydrogen-bond acceptors (Lipinski definition) is 4. The molecule has 2 atom stereocenters. The summed E-state index contributed by atoms with van der Waals surface area (Å²) in [7, 11) is 0. The number of carboxylic acids is 1. The van der Waals surface area contributed by atoms with Crippen molar-refractivity contribution in [1.29, 1.82) is 0 Å². The molecule has 1 aliphatic carbocycles. The standard InChI is InChI=1S/C18H24N2O4/c21-17(15-3-1-2-4-16(15)18(22)23)19-13-5-7-14(8-6-13)20-9-11-24-12-10-20/h5-8,15-16H,1-4,9-12H2,(H,19,21)(H,22,23)/t15-,16-/m1/s1. The molecule has 1 amide bonds. The quantitative estimate of drug-likeness (QED) is 0.885. The SMILES string of the molecule is O=C(O)[C@@H]1CCCC[C@H]1C(=O)Nc1ccc(N2CCOCC2)cc1. The molecule has 1 heterocycles. The minimum Gasteiger partial charge on any atom is -0.481 e. The molecule has 1 aromatic rings. The van der Waals surface area contributed by atoms with Crippen molar-refractivity contribution in [3.05, 3.63) is 24.3 Å². The Bertz CT molecular complexity index is 581. The monoisotopic (exact) mass is 332 g/mol. The first-order valence-corrected chi connectivity index (χ1v) is 8.61. The minimum absolute atomic E-state index is 0.179. The Balaban J connectivity index is 1.62. The number of carboxylic acid groups (broad SMARTS) is 1. The summed E-state index contributed by atoms with van der Waals surface area (Å²) in [6, 6.07) is 7.72. The van der Waals surface area contributed by atoms with E-state index in [0.717, 1.165) is 44.8 Å². The van der Waals surface area contributed by atoms with Crippen LogP contribution in [-0.2, 0) is 14.3 Å². The highest BCUT2D eigenvalue weighted by Crippen LogP contribution is 2.31. The topological polar surface area (TPSA) is 78.9 Å². The fraction of sp³-hybridized carbons (Fsp3) is 0.556. The summed E-state index contributed by atoms with van der Waals surface area (Å²) in [5, 5.41) is 12.2. The lowest BCUT2D eigenvalue weighted by atomic mass is 9.78. The number of benzene rings is 1. The van der Waals surface area contributed by atoms with Crippen LogP contribution in [0.4, 0.5) is 11.4 Å². The van der Waals surface area contributed by atoms with Crippen molar-refractivity contribution in [1.82, 2.24) is 0 Å². The molecule has 0 radical (unpaired) electrons. The van der Waals surface area contributed by atoms with Gasteiger partial charge in [0.05, 0.1) is 25.0 Å². The van der Waals surface area contributed by atoms with E-state index in [9.17, 15) is 14.7 Å². The summed E-state index contributed by atoms with van der Waals surface area (Å²) >= 11 is 0.